The van der Waals surface area contributed by atoms with E-state index in [1.807, 2.05) is 0 Å². The maximum absolute atomic E-state index is 10.5. The first-order valence-corrected chi connectivity index (χ1v) is 4.99. The van der Waals surface area contributed by atoms with E-state index < -0.39 is 0 Å². The molecule has 0 fully saturated rings. The highest BCUT2D eigenvalue weighted by atomic mass is 16.3. The van der Waals surface area contributed by atoms with Crippen molar-refractivity contribution in [2.24, 2.45) is 10.4 Å². The molecule has 0 amide bonds. The van der Waals surface area contributed by atoms with E-state index in [2.05, 4.69) is 10.4 Å². The molecule has 0 atom stereocenters. The van der Waals surface area contributed by atoms with Crippen LogP contribution in [0, 0.1) is 9.81 Å². The van der Waals surface area contributed by atoms with Gasteiger partial charge in [-0.2, -0.15) is 0 Å². The first-order valence-electron chi connectivity index (χ1n) is 4.99. The Kier molecular flexibility index (Phi) is 3.01. The van der Waals surface area contributed by atoms with Crippen molar-refractivity contribution < 1.29 is 10.2 Å². The van der Waals surface area contributed by atoms with Crippen LogP contribution in [0.1, 0.15) is 0 Å². The zero-order chi connectivity index (χ0) is 13.1. The van der Waals surface area contributed by atoms with E-state index in [0.29, 0.717) is 11.1 Å². The average molecular weight is 244 g/mol. The predicted molar refractivity (Wildman–Crippen MR) is 66.1 cm³/mol. The van der Waals surface area contributed by atoms with Gasteiger partial charge in [-0.15, -0.1) is 9.81 Å². The van der Waals surface area contributed by atoms with Crippen LogP contribution in [0.3, 0.4) is 0 Å². The van der Waals surface area contributed by atoms with Crippen LogP contribution in [-0.4, -0.2) is 10.2 Å². The molecule has 0 bridgehead atoms. The highest BCUT2D eigenvalue weighted by molar-refractivity contribution is 5.74. The number of hydrogen-bond acceptors (Lipinski definition) is 6. The maximum Gasteiger partial charge on any atom is 0.150 e. The standard InChI is InChI=1S/C12H8N2O4/c15-11-3-1-7(5-9(11)13-17)8-2-4-12(16)10(6-8)14-18/h1-6,15-16H. The maximum atomic E-state index is 10.5. The zero-order valence-corrected chi connectivity index (χ0v) is 9.07. The lowest BCUT2D eigenvalue weighted by atomic mass is 10.0. The number of hydrogen-bond donors (Lipinski definition) is 2. The molecule has 0 aliphatic rings. The largest absolute Gasteiger partial charge is 0.506 e. The minimum Gasteiger partial charge on any atom is -0.506 e. The van der Waals surface area contributed by atoms with Crippen molar-refractivity contribution in [1.29, 1.82) is 0 Å². The molecule has 6 nitrogen and oxygen atoms in total. The quantitative estimate of drug-likeness (QED) is 0.806. The Balaban J connectivity index is 2.54. The molecule has 6 heteroatoms. The van der Waals surface area contributed by atoms with Crippen molar-refractivity contribution >= 4 is 11.4 Å². The molecule has 18 heavy (non-hydrogen) atoms. The van der Waals surface area contributed by atoms with Crippen molar-refractivity contribution in [2.45, 2.75) is 0 Å². The van der Waals surface area contributed by atoms with E-state index in [0.717, 1.165) is 0 Å². The van der Waals surface area contributed by atoms with Crippen molar-refractivity contribution in [3.63, 3.8) is 0 Å². The summed E-state index contributed by atoms with van der Waals surface area (Å²) in [6.45, 7) is 0. The second-order valence-electron chi connectivity index (χ2n) is 3.59. The summed E-state index contributed by atoms with van der Waals surface area (Å²) in [6.07, 6.45) is 0. The molecular formula is C12H8N2O4. The SMILES string of the molecule is O=Nc1cc(-c2ccc(O)c(N=O)c2)ccc1O. The zero-order valence-electron chi connectivity index (χ0n) is 9.07. The van der Waals surface area contributed by atoms with Gasteiger partial charge in [0.1, 0.15) is 22.9 Å². The summed E-state index contributed by atoms with van der Waals surface area (Å²) in [6, 6.07) is 8.53. The second kappa shape index (κ2) is 4.62. The van der Waals surface area contributed by atoms with Crippen molar-refractivity contribution in [3.8, 4) is 22.6 Å². The van der Waals surface area contributed by atoms with Gasteiger partial charge in [0.2, 0.25) is 0 Å². The number of aromatic hydroxyl groups is 2. The smallest absolute Gasteiger partial charge is 0.150 e. The van der Waals surface area contributed by atoms with E-state index in [1.54, 1.807) is 12.1 Å². The first kappa shape index (κ1) is 11.7. The van der Waals surface area contributed by atoms with Crippen molar-refractivity contribution in [2.75, 3.05) is 0 Å². The van der Waals surface area contributed by atoms with Gasteiger partial charge in [0.25, 0.3) is 0 Å². The van der Waals surface area contributed by atoms with Crippen LogP contribution in [0.25, 0.3) is 11.1 Å². The molecule has 2 N–H and O–H groups in total. The second-order valence-corrected chi connectivity index (χ2v) is 3.59. The summed E-state index contributed by atoms with van der Waals surface area (Å²) in [7, 11) is 0. The third-order valence-electron chi connectivity index (χ3n) is 2.48. The lowest BCUT2D eigenvalue weighted by molar-refractivity contribution is 0.476. The molecule has 2 aromatic carbocycles. The van der Waals surface area contributed by atoms with Gasteiger partial charge in [0, 0.05) is 0 Å². The average Bonchev–Trinajstić information content (AvgIpc) is 2.40. The van der Waals surface area contributed by atoms with Gasteiger partial charge in [-0.25, -0.2) is 0 Å². The number of phenols is 2. The Morgan fingerprint density at radius 1 is 0.722 bits per heavy atom. The van der Waals surface area contributed by atoms with Gasteiger partial charge in [0.05, 0.1) is 0 Å². The normalized spacial score (nSPS) is 10.0. The molecule has 0 aromatic heterocycles. The van der Waals surface area contributed by atoms with Gasteiger partial charge in [-0.3, -0.25) is 0 Å². The molecule has 2 aromatic rings. The lowest BCUT2D eigenvalue weighted by Crippen LogP contribution is -1.78. The molecule has 2 rings (SSSR count). The number of rotatable bonds is 3. The Morgan fingerprint density at radius 3 is 1.44 bits per heavy atom. The molecule has 0 saturated heterocycles. The number of benzene rings is 2. The topological polar surface area (TPSA) is 99.3 Å². The Morgan fingerprint density at radius 2 is 1.11 bits per heavy atom. The van der Waals surface area contributed by atoms with E-state index in [-0.39, 0.29) is 22.9 Å². The molecule has 0 unspecified atom stereocenters. The molecule has 0 radical (unpaired) electrons. The summed E-state index contributed by atoms with van der Waals surface area (Å²) >= 11 is 0. The summed E-state index contributed by atoms with van der Waals surface area (Å²) < 4.78 is 0. The van der Waals surface area contributed by atoms with Crippen LogP contribution in [0.2, 0.25) is 0 Å². The fourth-order valence-corrected chi connectivity index (χ4v) is 1.55. The van der Waals surface area contributed by atoms with Crippen LogP contribution in [0.5, 0.6) is 11.5 Å². The van der Waals surface area contributed by atoms with Crippen LogP contribution in [0.15, 0.2) is 46.8 Å². The van der Waals surface area contributed by atoms with Gasteiger partial charge in [-0.05, 0) is 45.7 Å². The summed E-state index contributed by atoms with van der Waals surface area (Å²) in [5.74, 6) is -0.442. The fraction of sp³-hybridized carbons (Fsp3) is 0. The summed E-state index contributed by atoms with van der Waals surface area (Å²) in [5, 5.41) is 24.0. The molecule has 0 saturated carbocycles. The van der Waals surface area contributed by atoms with Gasteiger partial charge in [0.15, 0.2) is 0 Å². The monoisotopic (exact) mass is 244 g/mol. The summed E-state index contributed by atoms with van der Waals surface area (Å²) in [4.78, 5) is 20.9. The first-order chi connectivity index (χ1) is 8.65. The molecular weight excluding hydrogens is 236 g/mol. The minimum atomic E-state index is -0.221. The van der Waals surface area contributed by atoms with Crippen LogP contribution < -0.4 is 0 Å². The van der Waals surface area contributed by atoms with Gasteiger partial charge >= 0.3 is 0 Å². The number of phenolic OH excluding ortho intramolecular Hbond substituents is 2. The van der Waals surface area contributed by atoms with Crippen LogP contribution >= 0.6 is 0 Å². The Labute approximate surface area is 101 Å². The Bertz CT molecular complexity index is 570. The number of nitroso groups, excluding NO2 is 2. The molecule has 0 spiro atoms. The highest BCUT2D eigenvalue weighted by Gasteiger charge is 2.08. The van der Waals surface area contributed by atoms with Gasteiger partial charge in [-0.1, -0.05) is 12.1 Å². The van der Waals surface area contributed by atoms with Crippen LogP contribution in [-0.2, 0) is 0 Å². The molecule has 90 valence electrons. The van der Waals surface area contributed by atoms with E-state index in [9.17, 15) is 20.0 Å². The summed E-state index contributed by atoms with van der Waals surface area (Å²) in [5.41, 5.74) is 0.960. The van der Waals surface area contributed by atoms with E-state index >= 15 is 0 Å². The van der Waals surface area contributed by atoms with Gasteiger partial charge < -0.3 is 10.2 Å². The molecule has 0 heterocycles. The number of nitrogens with zero attached hydrogens (tertiary/aromatic N) is 2. The molecule has 0 aliphatic heterocycles. The third-order valence-corrected chi connectivity index (χ3v) is 2.48. The van der Waals surface area contributed by atoms with E-state index in [4.69, 9.17) is 0 Å². The van der Waals surface area contributed by atoms with Crippen molar-refractivity contribution in [3.05, 3.63) is 46.2 Å². The lowest BCUT2D eigenvalue weighted by Gasteiger charge is -2.04. The Hall–Kier alpha value is -2.76. The molecule has 0 aliphatic carbocycles. The van der Waals surface area contributed by atoms with E-state index in [1.165, 1.54) is 24.3 Å². The minimum absolute atomic E-state index is 0.0961. The predicted octanol–water partition coefficient (Wildman–Crippen LogP) is 3.56. The third kappa shape index (κ3) is 2.03. The van der Waals surface area contributed by atoms with Crippen molar-refractivity contribution in [1.82, 2.24) is 0 Å². The fourth-order valence-electron chi connectivity index (χ4n) is 1.55. The van der Waals surface area contributed by atoms with Crippen LogP contribution in [0.4, 0.5) is 11.4 Å². The highest BCUT2D eigenvalue weighted by Crippen LogP contribution is 2.35.